The van der Waals surface area contributed by atoms with Crippen molar-refractivity contribution >= 4 is 34.7 Å². The zero-order chi connectivity index (χ0) is 18.0. The van der Waals surface area contributed by atoms with Gasteiger partial charge in [0.15, 0.2) is 5.16 Å². The van der Waals surface area contributed by atoms with Crippen LogP contribution < -0.4 is 11.1 Å². The molecule has 0 saturated heterocycles. The highest BCUT2D eigenvalue weighted by Gasteiger charge is 2.21. The molecule has 7 heteroatoms. The van der Waals surface area contributed by atoms with Crippen LogP contribution >= 0.6 is 11.8 Å². The van der Waals surface area contributed by atoms with Gasteiger partial charge in [-0.25, -0.2) is 9.78 Å². The number of urea groups is 1. The highest BCUT2D eigenvalue weighted by atomic mass is 32.2. The van der Waals surface area contributed by atoms with E-state index in [9.17, 15) is 9.59 Å². The maximum Gasteiger partial charge on any atom is 0.318 e. The number of imidazole rings is 1. The van der Waals surface area contributed by atoms with Crippen LogP contribution in [0.1, 0.15) is 12.5 Å². The molecule has 0 aliphatic heterocycles. The van der Waals surface area contributed by atoms with E-state index in [1.807, 2.05) is 60.0 Å². The molecule has 2 aromatic carbocycles. The molecule has 6 nitrogen and oxygen atoms in total. The number of para-hydroxylation sites is 2. The number of nitrogens with two attached hydrogens (primary N) is 1. The Morgan fingerprint density at radius 2 is 1.84 bits per heavy atom. The van der Waals surface area contributed by atoms with Gasteiger partial charge in [-0.1, -0.05) is 41.6 Å². The van der Waals surface area contributed by atoms with Crippen LogP contribution in [0.2, 0.25) is 0 Å². The Bertz CT molecular complexity index is 934. The molecule has 1 heterocycles. The number of rotatable bonds is 4. The molecule has 0 aliphatic rings. The summed E-state index contributed by atoms with van der Waals surface area (Å²) in [5, 5.41) is 2.26. The van der Waals surface area contributed by atoms with Gasteiger partial charge in [-0.15, -0.1) is 0 Å². The molecule has 0 unspecified atom stereocenters. The third-order valence-corrected chi connectivity index (χ3v) is 4.77. The van der Waals surface area contributed by atoms with Crippen molar-refractivity contribution in [1.29, 1.82) is 0 Å². The number of aryl methyl sites for hydroxylation is 1. The van der Waals surface area contributed by atoms with Crippen molar-refractivity contribution in [2.75, 3.05) is 0 Å². The number of amides is 3. The van der Waals surface area contributed by atoms with Crippen LogP contribution in [0.3, 0.4) is 0 Å². The summed E-state index contributed by atoms with van der Waals surface area (Å²) in [6.45, 7) is 3.74. The van der Waals surface area contributed by atoms with E-state index in [-0.39, 0.29) is 0 Å². The summed E-state index contributed by atoms with van der Waals surface area (Å²) in [4.78, 5) is 27.5. The number of nitrogens with zero attached hydrogens (tertiary/aromatic N) is 2. The molecular formula is C18H18N4O2S. The lowest BCUT2D eigenvalue weighted by Crippen LogP contribution is -2.39. The van der Waals surface area contributed by atoms with Crippen LogP contribution in [-0.2, 0) is 4.79 Å². The van der Waals surface area contributed by atoms with Crippen molar-refractivity contribution < 1.29 is 9.59 Å². The second-order valence-corrected chi connectivity index (χ2v) is 6.98. The maximum atomic E-state index is 12.0. The average molecular weight is 354 g/mol. The van der Waals surface area contributed by atoms with Crippen LogP contribution in [0.15, 0.2) is 53.7 Å². The number of primary amides is 1. The largest absolute Gasteiger partial charge is 0.351 e. The van der Waals surface area contributed by atoms with Gasteiger partial charge in [0.25, 0.3) is 0 Å². The fraction of sp³-hybridized carbons (Fsp3) is 0.167. The molecule has 1 aromatic heterocycles. The van der Waals surface area contributed by atoms with Crippen LogP contribution in [0.25, 0.3) is 16.7 Å². The Hall–Kier alpha value is -2.80. The van der Waals surface area contributed by atoms with E-state index in [0.717, 1.165) is 22.3 Å². The smallest absolute Gasteiger partial charge is 0.318 e. The first-order chi connectivity index (χ1) is 12.0. The van der Waals surface area contributed by atoms with Gasteiger partial charge < -0.3 is 5.73 Å². The zero-order valence-electron chi connectivity index (χ0n) is 13.9. The predicted molar refractivity (Wildman–Crippen MR) is 98.9 cm³/mol. The molecule has 0 spiro atoms. The SMILES string of the molecule is Cc1ccc(-n2c(S[C@@H](C)C(=O)NC(N)=O)nc3ccccc32)cc1. The second kappa shape index (κ2) is 6.98. The van der Waals surface area contributed by atoms with E-state index in [4.69, 9.17) is 5.73 Å². The molecular weight excluding hydrogens is 336 g/mol. The van der Waals surface area contributed by atoms with Gasteiger partial charge in [-0.3, -0.25) is 14.7 Å². The first-order valence-corrected chi connectivity index (χ1v) is 8.65. The summed E-state index contributed by atoms with van der Waals surface area (Å²) in [6, 6.07) is 15.0. The fourth-order valence-corrected chi connectivity index (χ4v) is 3.40. The summed E-state index contributed by atoms with van der Waals surface area (Å²) in [5.74, 6) is -0.444. The standard InChI is InChI=1S/C18H18N4O2S/c1-11-7-9-13(10-8-11)22-15-6-4-3-5-14(15)20-18(22)25-12(2)16(23)21-17(19)24/h3-10,12H,1-2H3,(H3,19,21,23,24)/t12-/m0/s1. The van der Waals surface area contributed by atoms with E-state index in [1.165, 1.54) is 11.8 Å². The van der Waals surface area contributed by atoms with Gasteiger partial charge >= 0.3 is 6.03 Å². The summed E-state index contributed by atoms with van der Waals surface area (Å²) in [6.07, 6.45) is 0. The Morgan fingerprint density at radius 1 is 1.16 bits per heavy atom. The van der Waals surface area contributed by atoms with Crippen molar-refractivity contribution in [3.63, 3.8) is 0 Å². The lowest BCUT2D eigenvalue weighted by molar-refractivity contribution is -0.119. The summed E-state index contributed by atoms with van der Waals surface area (Å²) in [7, 11) is 0. The normalized spacial score (nSPS) is 12.1. The van der Waals surface area contributed by atoms with Crippen LogP contribution in [0, 0.1) is 6.92 Å². The number of thioether (sulfide) groups is 1. The number of carbonyl (C=O) groups is 2. The van der Waals surface area contributed by atoms with E-state index in [0.29, 0.717) is 5.16 Å². The van der Waals surface area contributed by atoms with Crippen LogP contribution in [0.5, 0.6) is 0 Å². The predicted octanol–water partition coefficient (Wildman–Crippen LogP) is 3.01. The first-order valence-electron chi connectivity index (χ1n) is 7.77. The van der Waals surface area contributed by atoms with E-state index < -0.39 is 17.2 Å². The molecule has 3 aromatic rings. The lowest BCUT2D eigenvalue weighted by Gasteiger charge is -2.12. The number of hydrogen-bond acceptors (Lipinski definition) is 4. The van der Waals surface area contributed by atoms with Crippen molar-refractivity contribution in [2.45, 2.75) is 24.3 Å². The summed E-state index contributed by atoms with van der Waals surface area (Å²) < 4.78 is 2.01. The van der Waals surface area contributed by atoms with Crippen molar-refractivity contribution in [3.05, 3.63) is 54.1 Å². The highest BCUT2D eigenvalue weighted by molar-refractivity contribution is 8.00. The first kappa shape index (κ1) is 17.0. The van der Waals surface area contributed by atoms with E-state index >= 15 is 0 Å². The van der Waals surface area contributed by atoms with E-state index in [2.05, 4.69) is 10.3 Å². The fourth-order valence-electron chi connectivity index (χ4n) is 2.46. The molecule has 0 bridgehead atoms. The van der Waals surface area contributed by atoms with Gasteiger partial charge in [0.2, 0.25) is 5.91 Å². The van der Waals surface area contributed by atoms with Crippen molar-refractivity contribution in [1.82, 2.24) is 14.9 Å². The minimum Gasteiger partial charge on any atom is -0.351 e. The van der Waals surface area contributed by atoms with Gasteiger partial charge in [0.1, 0.15) is 0 Å². The molecule has 3 rings (SSSR count). The topological polar surface area (TPSA) is 90.0 Å². The molecule has 128 valence electrons. The van der Waals surface area contributed by atoms with Gasteiger partial charge in [-0.05, 0) is 38.1 Å². The Labute approximate surface area is 149 Å². The van der Waals surface area contributed by atoms with Gasteiger partial charge in [-0.2, -0.15) is 0 Å². The summed E-state index contributed by atoms with van der Waals surface area (Å²) >= 11 is 1.28. The summed E-state index contributed by atoms with van der Waals surface area (Å²) in [5.41, 5.74) is 8.94. The Kier molecular flexibility index (Phi) is 4.76. The quantitative estimate of drug-likeness (QED) is 0.705. The number of carbonyl (C=O) groups excluding carboxylic acids is 2. The Balaban J connectivity index is 2.02. The van der Waals surface area contributed by atoms with Crippen molar-refractivity contribution in [2.24, 2.45) is 5.73 Å². The molecule has 0 fully saturated rings. The Morgan fingerprint density at radius 3 is 2.52 bits per heavy atom. The highest BCUT2D eigenvalue weighted by Crippen LogP contribution is 2.30. The number of benzene rings is 2. The number of fused-ring (bicyclic) bond motifs is 1. The molecule has 3 amide bonds. The molecule has 25 heavy (non-hydrogen) atoms. The van der Waals surface area contributed by atoms with Gasteiger partial charge in [0.05, 0.1) is 16.3 Å². The number of nitrogens with one attached hydrogen (secondary N) is 1. The number of aromatic nitrogens is 2. The van der Waals surface area contributed by atoms with E-state index in [1.54, 1.807) is 6.92 Å². The molecule has 0 aliphatic carbocycles. The number of imide groups is 1. The third kappa shape index (κ3) is 3.66. The van der Waals surface area contributed by atoms with Crippen LogP contribution in [-0.4, -0.2) is 26.7 Å². The van der Waals surface area contributed by atoms with Crippen molar-refractivity contribution in [3.8, 4) is 5.69 Å². The second-order valence-electron chi connectivity index (χ2n) is 5.67. The van der Waals surface area contributed by atoms with Crippen LogP contribution in [0.4, 0.5) is 4.79 Å². The monoisotopic (exact) mass is 354 g/mol. The molecule has 0 saturated carbocycles. The van der Waals surface area contributed by atoms with Gasteiger partial charge in [0, 0.05) is 5.69 Å². The maximum absolute atomic E-state index is 12.0. The third-order valence-electron chi connectivity index (χ3n) is 3.72. The zero-order valence-corrected chi connectivity index (χ0v) is 14.7. The molecule has 0 radical (unpaired) electrons. The molecule has 1 atom stereocenters. The minimum atomic E-state index is -0.857. The average Bonchev–Trinajstić information content (AvgIpc) is 2.93. The molecule has 3 N–H and O–H groups in total. The minimum absolute atomic E-state index is 0.444. The number of hydrogen-bond donors (Lipinski definition) is 2. The lowest BCUT2D eigenvalue weighted by atomic mass is 10.2.